The zero-order chi connectivity index (χ0) is 23.6. The number of nitrogen functional groups attached to an aromatic ring is 1. The topological polar surface area (TPSA) is 125 Å². The largest absolute Gasteiger partial charge is 0.500 e. The van der Waals surface area contributed by atoms with E-state index in [0.29, 0.717) is 35.9 Å². The average Bonchev–Trinajstić information content (AvgIpc) is 3.10. The highest BCUT2D eigenvalue weighted by molar-refractivity contribution is 6.03. The molecule has 1 aliphatic carbocycles. The molecule has 32 heavy (non-hydrogen) atoms. The van der Waals surface area contributed by atoms with Crippen LogP contribution in [-0.2, 0) is 21.6 Å². The van der Waals surface area contributed by atoms with Gasteiger partial charge >= 0.3 is 0 Å². The Kier molecular flexibility index (Phi) is 6.43. The highest BCUT2D eigenvalue weighted by atomic mass is 16.5. The third-order valence-electron chi connectivity index (χ3n) is 5.37. The summed E-state index contributed by atoms with van der Waals surface area (Å²) in [7, 11) is 1.58. The van der Waals surface area contributed by atoms with Crippen LogP contribution in [0, 0.1) is 5.92 Å². The highest BCUT2D eigenvalue weighted by Crippen LogP contribution is 2.31. The molecule has 8 nitrogen and oxygen atoms in total. The summed E-state index contributed by atoms with van der Waals surface area (Å²) in [5.74, 6) is 0.477. The van der Waals surface area contributed by atoms with Gasteiger partial charge in [0, 0.05) is 18.5 Å². The zero-order valence-electron chi connectivity index (χ0n) is 19.2. The Morgan fingerprint density at radius 1 is 1.25 bits per heavy atom. The van der Waals surface area contributed by atoms with Crippen molar-refractivity contribution in [2.45, 2.75) is 46.2 Å². The van der Waals surface area contributed by atoms with Gasteiger partial charge in [0.05, 0.1) is 18.2 Å². The van der Waals surface area contributed by atoms with Gasteiger partial charge in [-0.3, -0.25) is 9.59 Å². The number of rotatable bonds is 6. The number of anilines is 1. The van der Waals surface area contributed by atoms with Crippen LogP contribution in [0.4, 0.5) is 5.82 Å². The van der Waals surface area contributed by atoms with Gasteiger partial charge in [-0.2, -0.15) is 5.10 Å². The van der Waals surface area contributed by atoms with E-state index in [1.54, 1.807) is 11.8 Å². The first kappa shape index (κ1) is 23.1. The van der Waals surface area contributed by atoms with E-state index in [-0.39, 0.29) is 17.3 Å². The predicted molar refractivity (Wildman–Crippen MR) is 124 cm³/mol. The number of aromatic nitrogens is 2. The molecule has 0 spiro atoms. The first-order valence-electron chi connectivity index (χ1n) is 10.5. The van der Waals surface area contributed by atoms with Crippen molar-refractivity contribution in [2.75, 3.05) is 12.8 Å². The van der Waals surface area contributed by atoms with Gasteiger partial charge in [-0.05, 0) is 38.3 Å². The van der Waals surface area contributed by atoms with E-state index in [9.17, 15) is 9.59 Å². The quantitative estimate of drug-likeness (QED) is 0.640. The van der Waals surface area contributed by atoms with Gasteiger partial charge < -0.3 is 21.5 Å². The number of amides is 2. The van der Waals surface area contributed by atoms with Crippen molar-refractivity contribution in [3.05, 3.63) is 58.9 Å². The van der Waals surface area contributed by atoms with Gasteiger partial charge in [0.1, 0.15) is 22.8 Å². The van der Waals surface area contributed by atoms with Gasteiger partial charge in [0.2, 0.25) is 0 Å². The first-order chi connectivity index (χ1) is 15.0. The lowest BCUT2D eigenvalue weighted by molar-refractivity contribution is -0.117. The fourth-order valence-corrected chi connectivity index (χ4v) is 3.66. The minimum atomic E-state index is -0.624. The van der Waals surface area contributed by atoms with Gasteiger partial charge in [-0.25, -0.2) is 4.68 Å². The van der Waals surface area contributed by atoms with Crippen LogP contribution >= 0.6 is 0 Å². The van der Waals surface area contributed by atoms with Crippen LogP contribution in [0.15, 0.2) is 47.7 Å². The average molecular weight is 438 g/mol. The fourth-order valence-electron chi connectivity index (χ4n) is 3.66. The molecular weight excluding hydrogens is 406 g/mol. The molecular formula is C24H31N5O3. The minimum Gasteiger partial charge on any atom is -0.500 e. The number of methoxy groups -OCH3 is 1. The number of benzene rings is 1. The Morgan fingerprint density at radius 3 is 2.47 bits per heavy atom. The number of primary amides is 1. The van der Waals surface area contributed by atoms with Crippen molar-refractivity contribution >= 4 is 17.6 Å². The number of nitrogens with zero attached hydrogens (tertiary/aromatic N) is 2. The summed E-state index contributed by atoms with van der Waals surface area (Å²) in [5.41, 5.74) is 14.2. The Bertz CT molecular complexity index is 1090. The maximum Gasteiger partial charge on any atom is 0.254 e. The van der Waals surface area contributed by atoms with Crippen LogP contribution in [-0.4, -0.2) is 28.7 Å². The molecule has 2 aromatic rings. The highest BCUT2D eigenvalue weighted by Gasteiger charge is 2.27. The fraction of sp³-hybridized carbons (Fsp3) is 0.375. The molecule has 0 aliphatic heterocycles. The number of allylic oxidation sites excluding steroid dienone is 2. The summed E-state index contributed by atoms with van der Waals surface area (Å²) < 4.78 is 7.00. The van der Waals surface area contributed by atoms with Crippen LogP contribution in [0.3, 0.4) is 0 Å². The van der Waals surface area contributed by atoms with Crippen LogP contribution in [0.25, 0.3) is 11.3 Å². The molecule has 0 fully saturated rings. The minimum absolute atomic E-state index is 0.179. The summed E-state index contributed by atoms with van der Waals surface area (Å²) in [4.78, 5) is 24.7. The molecule has 1 atom stereocenters. The maximum absolute atomic E-state index is 12.6. The Balaban J connectivity index is 1.79. The van der Waals surface area contributed by atoms with Gasteiger partial charge in [0.15, 0.2) is 0 Å². The van der Waals surface area contributed by atoms with Crippen LogP contribution in [0.5, 0.6) is 0 Å². The zero-order valence-corrected chi connectivity index (χ0v) is 19.2. The summed E-state index contributed by atoms with van der Waals surface area (Å²) in [6, 6.07) is 7.42. The van der Waals surface area contributed by atoms with Gasteiger partial charge in [-0.15, -0.1) is 0 Å². The molecule has 1 heterocycles. The van der Waals surface area contributed by atoms with Gasteiger partial charge in [0.25, 0.3) is 11.8 Å². The van der Waals surface area contributed by atoms with Crippen LogP contribution in [0.2, 0.25) is 0 Å². The second-order valence-corrected chi connectivity index (χ2v) is 9.02. The maximum atomic E-state index is 12.6. The van der Waals surface area contributed by atoms with Crippen LogP contribution in [0.1, 0.15) is 50.0 Å². The molecule has 1 aromatic heterocycles. The molecule has 1 aromatic carbocycles. The smallest absolute Gasteiger partial charge is 0.254 e. The molecule has 1 unspecified atom stereocenters. The summed E-state index contributed by atoms with van der Waals surface area (Å²) in [6.07, 6.45) is 4.52. The van der Waals surface area contributed by atoms with Crippen molar-refractivity contribution in [1.82, 2.24) is 15.1 Å². The molecule has 0 saturated heterocycles. The number of carbonyl (C=O) groups excluding carboxylic acids is 2. The standard InChI is InChI=1S/C24H31N5O3/c1-14-6-11-17(18(12-14)32-5)23(31)27-13-15-7-9-16(10-8-15)20-19(22(26)30)21(25)29(28-20)24(2,3)4/h6-11,14H,12-13,25H2,1-5H3,(H2,26,30)(H,27,31). The molecule has 8 heteroatoms. The van der Waals surface area contributed by atoms with Crippen molar-refractivity contribution in [3.8, 4) is 11.3 Å². The van der Waals surface area contributed by atoms with E-state index in [2.05, 4.69) is 17.3 Å². The van der Waals surface area contributed by atoms with Crippen molar-refractivity contribution in [1.29, 1.82) is 0 Å². The van der Waals surface area contributed by atoms with E-state index >= 15 is 0 Å². The van der Waals surface area contributed by atoms with Crippen molar-refractivity contribution < 1.29 is 14.3 Å². The monoisotopic (exact) mass is 437 g/mol. The molecule has 0 radical (unpaired) electrons. The Morgan fingerprint density at radius 2 is 1.91 bits per heavy atom. The van der Waals surface area contributed by atoms with E-state index in [0.717, 1.165) is 11.1 Å². The Labute approximate surface area is 188 Å². The number of hydrogen-bond donors (Lipinski definition) is 3. The summed E-state index contributed by atoms with van der Waals surface area (Å²) in [5, 5.41) is 7.48. The third kappa shape index (κ3) is 4.69. The van der Waals surface area contributed by atoms with E-state index in [1.165, 1.54) is 0 Å². The second kappa shape index (κ2) is 8.90. The first-order valence-corrected chi connectivity index (χ1v) is 10.5. The van der Waals surface area contributed by atoms with Crippen molar-refractivity contribution in [3.63, 3.8) is 0 Å². The normalized spacial score (nSPS) is 16.2. The number of carbonyl (C=O) groups is 2. The number of nitrogens with one attached hydrogen (secondary N) is 1. The molecule has 0 bridgehead atoms. The lowest BCUT2D eigenvalue weighted by atomic mass is 9.96. The number of ether oxygens (including phenoxy) is 1. The molecule has 5 N–H and O–H groups in total. The summed E-state index contributed by atoms with van der Waals surface area (Å²) >= 11 is 0. The van der Waals surface area contributed by atoms with Crippen molar-refractivity contribution in [2.24, 2.45) is 11.7 Å². The van der Waals surface area contributed by atoms with Crippen LogP contribution < -0.4 is 16.8 Å². The molecule has 3 rings (SSSR count). The molecule has 0 saturated carbocycles. The van der Waals surface area contributed by atoms with E-state index in [1.807, 2.05) is 57.2 Å². The SMILES string of the molecule is COC1=C(C(=O)NCc2ccc(-c3nn(C(C)(C)C)c(N)c3C(N)=O)cc2)C=CC(C)C1. The molecule has 1 aliphatic rings. The third-order valence-corrected chi connectivity index (χ3v) is 5.37. The number of hydrogen-bond acceptors (Lipinski definition) is 5. The van der Waals surface area contributed by atoms with Gasteiger partial charge in [-0.1, -0.05) is 37.3 Å². The predicted octanol–water partition coefficient (Wildman–Crippen LogP) is 3.10. The summed E-state index contributed by atoms with van der Waals surface area (Å²) in [6.45, 7) is 8.27. The Hall–Kier alpha value is -3.55. The van der Waals surface area contributed by atoms with E-state index < -0.39 is 11.4 Å². The molecule has 2 amide bonds. The number of nitrogens with two attached hydrogens (primary N) is 2. The lowest BCUT2D eigenvalue weighted by Crippen LogP contribution is -2.26. The second-order valence-electron chi connectivity index (χ2n) is 9.02. The van der Waals surface area contributed by atoms with E-state index in [4.69, 9.17) is 16.2 Å². The lowest BCUT2D eigenvalue weighted by Gasteiger charge is -2.20. The molecule has 170 valence electrons.